The standard InChI is InChI=1S/C22H28N2O6S/c1-16-5-7-18(8-6-16)31(26,27)24-11-9-23(10-12-24)21(25)15-17-13-19(28-2)22(30-4)20(14-17)29-3/h5-8,13-14H,9-12,15H2,1-4H3. The molecule has 168 valence electrons. The average molecular weight is 449 g/mol. The minimum atomic E-state index is -3.56. The lowest BCUT2D eigenvalue weighted by Crippen LogP contribution is -2.50. The number of amides is 1. The Morgan fingerprint density at radius 1 is 0.903 bits per heavy atom. The summed E-state index contributed by atoms with van der Waals surface area (Å²) < 4.78 is 43.1. The molecule has 0 bridgehead atoms. The molecule has 31 heavy (non-hydrogen) atoms. The van der Waals surface area contributed by atoms with Crippen molar-refractivity contribution < 1.29 is 27.4 Å². The van der Waals surface area contributed by atoms with Crippen molar-refractivity contribution in [3.05, 3.63) is 47.5 Å². The van der Waals surface area contributed by atoms with Crippen molar-refractivity contribution in [1.82, 2.24) is 9.21 Å². The summed E-state index contributed by atoms with van der Waals surface area (Å²) in [7, 11) is 1.01. The number of nitrogens with zero attached hydrogens (tertiary/aromatic N) is 2. The summed E-state index contributed by atoms with van der Waals surface area (Å²) in [5.41, 5.74) is 1.73. The van der Waals surface area contributed by atoms with E-state index in [-0.39, 0.29) is 30.3 Å². The second kappa shape index (κ2) is 9.57. The maximum atomic E-state index is 12.9. The Bertz CT molecular complexity index is 1000. The third-order valence-electron chi connectivity index (χ3n) is 5.33. The summed E-state index contributed by atoms with van der Waals surface area (Å²) in [5, 5.41) is 0. The third kappa shape index (κ3) is 4.94. The molecule has 1 aliphatic heterocycles. The van der Waals surface area contributed by atoms with Gasteiger partial charge in [0.15, 0.2) is 11.5 Å². The van der Waals surface area contributed by atoms with Gasteiger partial charge in [-0.1, -0.05) is 17.7 Å². The van der Waals surface area contributed by atoms with Crippen LogP contribution in [0.25, 0.3) is 0 Å². The van der Waals surface area contributed by atoms with Crippen molar-refractivity contribution in [3.63, 3.8) is 0 Å². The Kier molecular flexibility index (Phi) is 7.07. The van der Waals surface area contributed by atoms with Gasteiger partial charge >= 0.3 is 0 Å². The van der Waals surface area contributed by atoms with E-state index in [9.17, 15) is 13.2 Å². The first-order chi connectivity index (χ1) is 14.8. The van der Waals surface area contributed by atoms with Gasteiger partial charge in [0.05, 0.1) is 32.6 Å². The third-order valence-corrected chi connectivity index (χ3v) is 7.24. The van der Waals surface area contributed by atoms with Crippen LogP contribution in [0.5, 0.6) is 17.2 Å². The van der Waals surface area contributed by atoms with Crippen molar-refractivity contribution in [3.8, 4) is 17.2 Å². The minimum Gasteiger partial charge on any atom is -0.493 e. The molecule has 0 atom stereocenters. The Morgan fingerprint density at radius 2 is 1.45 bits per heavy atom. The topological polar surface area (TPSA) is 85.4 Å². The number of carbonyl (C=O) groups is 1. The number of hydrogen-bond acceptors (Lipinski definition) is 6. The van der Waals surface area contributed by atoms with E-state index in [1.165, 1.54) is 25.6 Å². The molecule has 8 nitrogen and oxygen atoms in total. The van der Waals surface area contributed by atoms with E-state index in [1.807, 2.05) is 6.92 Å². The molecule has 0 saturated carbocycles. The highest BCUT2D eigenvalue weighted by Crippen LogP contribution is 2.38. The minimum absolute atomic E-state index is 0.0818. The van der Waals surface area contributed by atoms with Crippen molar-refractivity contribution >= 4 is 15.9 Å². The van der Waals surface area contributed by atoms with Crippen molar-refractivity contribution in [1.29, 1.82) is 0 Å². The van der Waals surface area contributed by atoms with Crippen LogP contribution >= 0.6 is 0 Å². The summed E-state index contributed by atoms with van der Waals surface area (Å²) in [4.78, 5) is 14.8. The van der Waals surface area contributed by atoms with Crippen LogP contribution in [-0.2, 0) is 21.2 Å². The van der Waals surface area contributed by atoms with Gasteiger partial charge in [0.2, 0.25) is 21.7 Å². The number of hydrogen-bond donors (Lipinski definition) is 0. The maximum Gasteiger partial charge on any atom is 0.243 e. The van der Waals surface area contributed by atoms with Crippen LogP contribution in [0.1, 0.15) is 11.1 Å². The number of sulfonamides is 1. The zero-order chi connectivity index (χ0) is 22.6. The molecule has 0 spiro atoms. The zero-order valence-electron chi connectivity index (χ0n) is 18.3. The second-order valence-electron chi connectivity index (χ2n) is 7.31. The van der Waals surface area contributed by atoms with E-state index in [4.69, 9.17) is 14.2 Å². The number of piperazine rings is 1. The Balaban J connectivity index is 1.66. The number of methoxy groups -OCH3 is 3. The number of aryl methyl sites for hydroxylation is 1. The van der Waals surface area contributed by atoms with E-state index in [0.717, 1.165) is 11.1 Å². The number of carbonyl (C=O) groups excluding carboxylic acids is 1. The largest absolute Gasteiger partial charge is 0.493 e. The average Bonchev–Trinajstić information content (AvgIpc) is 2.78. The maximum absolute atomic E-state index is 12.9. The first kappa shape index (κ1) is 22.9. The predicted octanol–water partition coefficient (Wildman–Crippen LogP) is 2.10. The first-order valence-electron chi connectivity index (χ1n) is 9.93. The molecular weight excluding hydrogens is 420 g/mol. The monoisotopic (exact) mass is 448 g/mol. The van der Waals surface area contributed by atoms with Gasteiger partial charge in [0.1, 0.15) is 0 Å². The van der Waals surface area contributed by atoms with Gasteiger partial charge < -0.3 is 19.1 Å². The first-order valence-corrected chi connectivity index (χ1v) is 11.4. The lowest BCUT2D eigenvalue weighted by Gasteiger charge is -2.34. The van der Waals surface area contributed by atoms with E-state index in [1.54, 1.807) is 41.3 Å². The lowest BCUT2D eigenvalue weighted by atomic mass is 10.1. The summed E-state index contributed by atoms with van der Waals surface area (Å²) >= 11 is 0. The molecule has 1 fully saturated rings. The number of rotatable bonds is 7. The van der Waals surface area contributed by atoms with Crippen LogP contribution in [-0.4, -0.2) is 71.0 Å². The molecule has 0 unspecified atom stereocenters. The highest BCUT2D eigenvalue weighted by Gasteiger charge is 2.30. The number of benzene rings is 2. The van der Waals surface area contributed by atoms with Gasteiger partial charge in [0, 0.05) is 26.2 Å². The fourth-order valence-corrected chi connectivity index (χ4v) is 4.98. The van der Waals surface area contributed by atoms with Crippen molar-refractivity contribution in [2.24, 2.45) is 0 Å². The molecule has 0 N–H and O–H groups in total. The van der Waals surface area contributed by atoms with Gasteiger partial charge in [-0.2, -0.15) is 4.31 Å². The molecule has 1 heterocycles. The van der Waals surface area contributed by atoms with E-state index in [2.05, 4.69) is 0 Å². The van der Waals surface area contributed by atoms with Gasteiger partial charge in [-0.3, -0.25) is 4.79 Å². The molecule has 9 heteroatoms. The van der Waals surface area contributed by atoms with Crippen LogP contribution in [0, 0.1) is 6.92 Å². The van der Waals surface area contributed by atoms with Crippen molar-refractivity contribution in [2.75, 3.05) is 47.5 Å². The molecule has 0 aromatic heterocycles. The highest BCUT2D eigenvalue weighted by atomic mass is 32.2. The van der Waals surface area contributed by atoms with Crippen LogP contribution in [0.3, 0.4) is 0 Å². The van der Waals surface area contributed by atoms with Gasteiger partial charge in [0.25, 0.3) is 0 Å². The lowest BCUT2D eigenvalue weighted by molar-refractivity contribution is -0.131. The number of ether oxygens (including phenoxy) is 3. The summed E-state index contributed by atoms with van der Waals surface area (Å²) in [5.74, 6) is 1.36. The second-order valence-corrected chi connectivity index (χ2v) is 9.25. The van der Waals surface area contributed by atoms with Crippen LogP contribution in [0.15, 0.2) is 41.3 Å². The molecule has 0 radical (unpaired) electrons. The zero-order valence-corrected chi connectivity index (χ0v) is 19.1. The van der Waals surface area contributed by atoms with Gasteiger partial charge in [-0.05, 0) is 36.8 Å². The Labute approximate surface area is 183 Å². The Hall–Kier alpha value is -2.78. The fourth-order valence-electron chi connectivity index (χ4n) is 3.56. The van der Waals surface area contributed by atoms with Gasteiger partial charge in [-0.15, -0.1) is 0 Å². The van der Waals surface area contributed by atoms with Gasteiger partial charge in [-0.25, -0.2) is 8.42 Å². The molecule has 2 aromatic rings. The van der Waals surface area contributed by atoms with Crippen LogP contribution in [0.2, 0.25) is 0 Å². The Morgan fingerprint density at radius 3 is 1.94 bits per heavy atom. The van der Waals surface area contributed by atoms with Crippen LogP contribution < -0.4 is 14.2 Å². The summed E-state index contributed by atoms with van der Waals surface area (Å²) in [6.45, 7) is 3.12. The molecule has 1 amide bonds. The normalized spacial score (nSPS) is 14.9. The highest BCUT2D eigenvalue weighted by molar-refractivity contribution is 7.89. The van der Waals surface area contributed by atoms with E-state index >= 15 is 0 Å². The van der Waals surface area contributed by atoms with E-state index in [0.29, 0.717) is 30.3 Å². The quantitative estimate of drug-likeness (QED) is 0.645. The molecule has 2 aromatic carbocycles. The van der Waals surface area contributed by atoms with E-state index < -0.39 is 10.0 Å². The fraction of sp³-hybridized carbons (Fsp3) is 0.409. The molecular formula is C22H28N2O6S. The SMILES string of the molecule is COc1cc(CC(=O)N2CCN(S(=O)(=O)c3ccc(C)cc3)CC2)cc(OC)c1OC. The molecule has 1 saturated heterocycles. The molecule has 1 aliphatic rings. The molecule has 0 aliphatic carbocycles. The van der Waals surface area contributed by atoms with Crippen molar-refractivity contribution in [2.45, 2.75) is 18.2 Å². The summed E-state index contributed by atoms with van der Waals surface area (Å²) in [6.07, 6.45) is 0.154. The summed E-state index contributed by atoms with van der Waals surface area (Å²) in [6, 6.07) is 10.3. The predicted molar refractivity (Wildman–Crippen MR) is 116 cm³/mol. The smallest absolute Gasteiger partial charge is 0.243 e. The van der Waals surface area contributed by atoms with Crippen LogP contribution in [0.4, 0.5) is 0 Å². The molecule has 3 rings (SSSR count).